The highest BCUT2D eigenvalue weighted by Crippen LogP contribution is 2.67. The van der Waals surface area contributed by atoms with Crippen LogP contribution in [0.1, 0.15) is 126 Å². The molecule has 1 N–H and O–H groups in total. The van der Waals surface area contributed by atoms with Gasteiger partial charge < -0.3 is 14.8 Å². The maximum atomic E-state index is 13.9. The maximum Gasteiger partial charge on any atom is 0.419 e. The maximum absolute atomic E-state index is 13.9. The smallest absolute Gasteiger partial charge is 0.419 e. The summed E-state index contributed by atoms with van der Waals surface area (Å²) in [7, 11) is 0. The van der Waals surface area contributed by atoms with Gasteiger partial charge >= 0.3 is 12.1 Å². The van der Waals surface area contributed by atoms with Gasteiger partial charge in [0.2, 0.25) is 0 Å². The summed E-state index contributed by atoms with van der Waals surface area (Å²) in [6.07, 6.45) is 12.2. The number of carbonyl (C=O) groups excluding carboxylic acids is 4. The number of alkyl halides is 1. The summed E-state index contributed by atoms with van der Waals surface area (Å²) in [4.78, 5) is 53.7. The minimum absolute atomic E-state index is 0.0807. The molecule has 4 aliphatic carbocycles. The zero-order chi connectivity index (χ0) is 42.2. The van der Waals surface area contributed by atoms with Crippen molar-refractivity contribution >= 4 is 45.6 Å². The van der Waals surface area contributed by atoms with Crippen molar-refractivity contribution in [2.75, 3.05) is 6.67 Å². The Kier molecular flexibility index (Phi) is 12.8. The summed E-state index contributed by atoms with van der Waals surface area (Å²) < 4.78 is 27.2. The van der Waals surface area contributed by atoms with Crippen LogP contribution in [0.15, 0.2) is 60.2 Å². The molecule has 1 amide bonds. The number of amides is 1. The lowest BCUT2D eigenvalue weighted by Crippen LogP contribution is -2.51. The molecule has 1 heterocycles. The van der Waals surface area contributed by atoms with Crippen molar-refractivity contribution in [3.63, 3.8) is 0 Å². The molecule has 3 aromatic rings. The van der Waals surface area contributed by atoms with Gasteiger partial charge in [-0.25, -0.2) is 13.8 Å². The molecule has 10 atom stereocenters. The fourth-order valence-electron chi connectivity index (χ4n) is 12.5. The number of allylic oxidation sites excluding steroid dienone is 1. The second kappa shape index (κ2) is 17.5. The second-order valence-electron chi connectivity index (χ2n) is 19.9. The number of rotatable bonds is 14. The van der Waals surface area contributed by atoms with Gasteiger partial charge in [-0.1, -0.05) is 116 Å². The molecule has 320 valence electrons. The Balaban J connectivity index is 0.972. The number of halogens is 1. The zero-order valence-corrected chi connectivity index (χ0v) is 36.4. The van der Waals surface area contributed by atoms with Crippen LogP contribution in [-0.4, -0.2) is 53.2 Å². The SMILES string of the molecule is CC(C)CCCC(C)[C@H]1CCC2[C@@H]3CC=C4C[C@@H](OC(=O)CC(NC(=O)C(OC(=O)n5c6ccccc6c6ccccc65)C(C)C)C(=O)CF)CC[C@]4(C)[C@H]3CC[C@@]21C. The van der Waals surface area contributed by atoms with E-state index in [1.807, 2.05) is 48.5 Å². The van der Waals surface area contributed by atoms with E-state index < -0.39 is 54.9 Å². The van der Waals surface area contributed by atoms with E-state index in [1.54, 1.807) is 13.8 Å². The van der Waals surface area contributed by atoms with E-state index in [4.69, 9.17) is 9.47 Å². The van der Waals surface area contributed by atoms with Gasteiger partial charge in [-0.15, -0.1) is 0 Å². The van der Waals surface area contributed by atoms with Crippen LogP contribution in [0.5, 0.6) is 0 Å². The largest absolute Gasteiger partial charge is 0.462 e. The van der Waals surface area contributed by atoms with Gasteiger partial charge in [-0.2, -0.15) is 0 Å². The number of hydrogen-bond acceptors (Lipinski definition) is 6. The minimum Gasteiger partial charge on any atom is -0.462 e. The highest BCUT2D eigenvalue weighted by Gasteiger charge is 2.59. The number of hydrogen-bond donors (Lipinski definition) is 1. The summed E-state index contributed by atoms with van der Waals surface area (Å²) in [6.45, 7) is 14.3. The highest BCUT2D eigenvalue weighted by atomic mass is 19.1. The third-order valence-corrected chi connectivity index (χ3v) is 15.6. The Labute approximate surface area is 350 Å². The minimum atomic E-state index is -1.46. The topological polar surface area (TPSA) is 104 Å². The van der Waals surface area contributed by atoms with E-state index in [2.05, 4.69) is 46.0 Å². The molecule has 4 aliphatic rings. The summed E-state index contributed by atoms with van der Waals surface area (Å²) in [5.74, 6) is 1.58. The summed E-state index contributed by atoms with van der Waals surface area (Å²) >= 11 is 0. The van der Waals surface area contributed by atoms with E-state index in [9.17, 15) is 23.6 Å². The molecule has 1 aromatic heterocycles. The van der Waals surface area contributed by atoms with Crippen LogP contribution >= 0.6 is 0 Å². The number of para-hydroxylation sites is 2. The van der Waals surface area contributed by atoms with Crippen LogP contribution < -0.4 is 5.32 Å². The molecule has 9 heteroatoms. The molecule has 0 bridgehead atoms. The third kappa shape index (κ3) is 8.38. The summed E-state index contributed by atoms with van der Waals surface area (Å²) in [5, 5.41) is 4.27. The van der Waals surface area contributed by atoms with E-state index >= 15 is 0 Å². The van der Waals surface area contributed by atoms with Crippen LogP contribution in [0.2, 0.25) is 0 Å². The number of carbonyl (C=O) groups is 4. The average Bonchev–Trinajstić information content (AvgIpc) is 3.74. The Bertz CT molecular complexity index is 2020. The lowest BCUT2D eigenvalue weighted by molar-refractivity contribution is -0.153. The molecule has 3 fully saturated rings. The number of nitrogens with zero attached hydrogens (tertiary/aromatic N) is 1. The number of benzene rings is 2. The normalized spacial score (nSPS) is 29.3. The fraction of sp³-hybridized carbons (Fsp3) is 0.640. The first-order chi connectivity index (χ1) is 28.2. The van der Waals surface area contributed by atoms with Crippen molar-refractivity contribution in [3.8, 4) is 0 Å². The molecule has 0 radical (unpaired) electrons. The van der Waals surface area contributed by atoms with Crippen LogP contribution in [0.4, 0.5) is 9.18 Å². The van der Waals surface area contributed by atoms with Gasteiger partial charge in [0.25, 0.3) is 5.91 Å². The molecular weight excluding hydrogens is 744 g/mol. The van der Waals surface area contributed by atoms with Crippen molar-refractivity contribution in [2.45, 2.75) is 144 Å². The van der Waals surface area contributed by atoms with Crippen molar-refractivity contribution in [1.29, 1.82) is 0 Å². The molecule has 0 spiro atoms. The molecule has 2 aromatic carbocycles. The van der Waals surface area contributed by atoms with Gasteiger partial charge in [0.15, 0.2) is 11.9 Å². The molecule has 0 saturated heterocycles. The fourth-order valence-corrected chi connectivity index (χ4v) is 12.5. The first kappa shape index (κ1) is 43.1. The number of fused-ring (bicyclic) bond motifs is 8. The van der Waals surface area contributed by atoms with E-state index in [0.717, 1.165) is 53.7 Å². The van der Waals surface area contributed by atoms with Gasteiger partial charge in [0.1, 0.15) is 18.8 Å². The Hall–Kier alpha value is -4.01. The van der Waals surface area contributed by atoms with Gasteiger partial charge in [-0.3, -0.25) is 14.4 Å². The lowest BCUT2D eigenvalue weighted by Gasteiger charge is -2.58. The number of nitrogens with one attached hydrogen (secondary N) is 1. The molecule has 8 nitrogen and oxygen atoms in total. The average molecular weight is 811 g/mol. The number of aromatic nitrogens is 1. The van der Waals surface area contributed by atoms with Crippen LogP contribution in [0.3, 0.4) is 0 Å². The number of esters is 1. The molecule has 59 heavy (non-hydrogen) atoms. The molecule has 7 rings (SSSR count). The summed E-state index contributed by atoms with van der Waals surface area (Å²) in [6, 6.07) is 13.4. The number of ether oxygens (including phenoxy) is 2. The van der Waals surface area contributed by atoms with Gasteiger partial charge in [0, 0.05) is 17.2 Å². The van der Waals surface area contributed by atoms with Crippen molar-refractivity contribution in [1.82, 2.24) is 9.88 Å². The molecular formula is C50H67FN2O6. The standard InChI is InChI=1S/C50H67FN2O6/c1-30(2)13-12-14-32(5)38-21-22-39-37-20-19-33-27-34(23-25-49(33,6)40(37)24-26-50(38,39)7)58-45(55)28-41(44(54)29-51)52-47(56)46(31(3)4)59-48(57)53-42-17-10-8-15-35(42)36-16-9-11-18-43(36)53/h8-11,15-19,30-32,34,37-41,46H,12-14,20-29H2,1-7H3,(H,52,56)/t32?,34-,37-,38+,39?,40-,41?,46?,49-,50+/m0/s1. The monoisotopic (exact) mass is 810 g/mol. The quantitative estimate of drug-likeness (QED) is 0.128. The van der Waals surface area contributed by atoms with Crippen molar-refractivity contribution < 1.29 is 33.0 Å². The first-order valence-electron chi connectivity index (χ1n) is 22.6. The first-order valence-corrected chi connectivity index (χ1v) is 22.6. The van der Waals surface area contributed by atoms with Crippen LogP contribution in [-0.2, 0) is 23.9 Å². The third-order valence-electron chi connectivity index (χ3n) is 15.6. The van der Waals surface area contributed by atoms with Crippen molar-refractivity contribution in [2.24, 2.45) is 52.3 Å². The van der Waals surface area contributed by atoms with Gasteiger partial charge in [0.05, 0.1) is 17.5 Å². The van der Waals surface area contributed by atoms with E-state index in [0.29, 0.717) is 34.7 Å². The molecule has 0 aliphatic heterocycles. The second-order valence-corrected chi connectivity index (χ2v) is 19.9. The Morgan fingerprint density at radius 2 is 1.54 bits per heavy atom. The van der Waals surface area contributed by atoms with Crippen molar-refractivity contribution in [3.05, 3.63) is 60.2 Å². The van der Waals surface area contributed by atoms with Crippen LogP contribution in [0, 0.1) is 52.3 Å². The van der Waals surface area contributed by atoms with Crippen LogP contribution in [0.25, 0.3) is 21.8 Å². The lowest BCUT2D eigenvalue weighted by atomic mass is 9.47. The van der Waals surface area contributed by atoms with Gasteiger partial charge in [-0.05, 0) is 109 Å². The molecule has 4 unspecified atom stereocenters. The van der Waals surface area contributed by atoms with E-state index in [1.165, 1.54) is 55.1 Å². The highest BCUT2D eigenvalue weighted by molar-refractivity contribution is 6.12. The Morgan fingerprint density at radius 1 is 0.864 bits per heavy atom. The number of Topliss-reactive ketones (excluding diaryl/α,β-unsaturated/α-hetero) is 1. The predicted octanol–water partition coefficient (Wildman–Crippen LogP) is 11.2. The molecule has 3 saturated carbocycles. The van der Waals surface area contributed by atoms with E-state index in [-0.39, 0.29) is 11.5 Å². The number of ketones is 1. The predicted molar refractivity (Wildman–Crippen MR) is 230 cm³/mol. The zero-order valence-electron chi connectivity index (χ0n) is 36.4. The summed E-state index contributed by atoms with van der Waals surface area (Å²) in [5.41, 5.74) is 3.14. The Morgan fingerprint density at radius 3 is 2.19 bits per heavy atom.